The minimum absolute atomic E-state index is 0.0874. The van der Waals surface area contributed by atoms with Crippen LogP contribution in [-0.2, 0) is 9.59 Å². The number of benzene rings is 6. The molecule has 0 radical (unpaired) electrons. The molecular weight excluding hydrogens is 651 g/mol. The first-order chi connectivity index (χ1) is 24.8. The van der Waals surface area contributed by atoms with Gasteiger partial charge in [-0.1, -0.05) is 115 Å². The van der Waals surface area contributed by atoms with Crippen LogP contribution in [-0.4, -0.2) is 17.7 Å². The summed E-state index contributed by atoms with van der Waals surface area (Å²) in [6.45, 7) is 4.00. The zero-order chi connectivity index (χ0) is 35.6. The second kappa shape index (κ2) is 16.5. The van der Waals surface area contributed by atoms with Crippen molar-refractivity contribution in [1.29, 1.82) is 0 Å². The number of rotatable bonds is 11. The Morgan fingerprint density at radius 1 is 0.588 bits per heavy atom. The van der Waals surface area contributed by atoms with Crippen LogP contribution in [0, 0.1) is 13.8 Å². The van der Waals surface area contributed by atoms with Crippen LogP contribution in [0.1, 0.15) is 37.9 Å². The Morgan fingerprint density at radius 2 is 1.20 bits per heavy atom. The Balaban J connectivity index is 1.24. The van der Waals surface area contributed by atoms with E-state index in [2.05, 4.69) is 22.0 Å². The molecule has 0 heterocycles. The number of anilines is 2. The van der Waals surface area contributed by atoms with Crippen LogP contribution >= 0.6 is 11.8 Å². The number of hydrogen-bond donors (Lipinski definition) is 3. The minimum atomic E-state index is -0.558. The maximum atomic E-state index is 13.8. The van der Waals surface area contributed by atoms with Crippen molar-refractivity contribution in [2.24, 2.45) is 0 Å². The Labute approximate surface area is 302 Å². The molecule has 0 aliphatic carbocycles. The number of thioether (sulfide) groups is 1. The van der Waals surface area contributed by atoms with E-state index in [0.29, 0.717) is 11.3 Å². The van der Waals surface area contributed by atoms with E-state index < -0.39 is 17.1 Å². The van der Waals surface area contributed by atoms with Gasteiger partial charge in [0, 0.05) is 21.8 Å². The van der Waals surface area contributed by atoms with Gasteiger partial charge in [-0.3, -0.25) is 14.4 Å². The number of carbonyl (C=O) groups is 3. The summed E-state index contributed by atoms with van der Waals surface area (Å²) in [6, 6.07) is 49.5. The molecular formula is C44H37N3O3S. The smallest absolute Gasteiger partial charge is 0.272 e. The molecule has 51 heavy (non-hydrogen) atoms. The van der Waals surface area contributed by atoms with Crippen LogP contribution in [0.2, 0.25) is 0 Å². The molecule has 0 fully saturated rings. The summed E-state index contributed by atoms with van der Waals surface area (Å²) < 4.78 is 0. The molecule has 0 aliphatic rings. The summed E-state index contributed by atoms with van der Waals surface area (Å²) >= 11 is 1.39. The highest BCUT2D eigenvalue weighted by Crippen LogP contribution is 2.37. The van der Waals surface area contributed by atoms with E-state index in [1.807, 2.05) is 135 Å². The van der Waals surface area contributed by atoms with Crippen LogP contribution in [0.25, 0.3) is 17.2 Å². The maximum Gasteiger partial charge on any atom is 0.272 e. The van der Waals surface area contributed by atoms with Crippen LogP contribution in [0.4, 0.5) is 11.4 Å². The lowest BCUT2D eigenvalue weighted by atomic mass is 10.0. The highest BCUT2D eigenvalue weighted by Gasteiger charge is 2.23. The fraction of sp³-hybridized carbons (Fsp3) is 0.0682. The van der Waals surface area contributed by atoms with E-state index in [-0.39, 0.29) is 11.6 Å². The summed E-state index contributed by atoms with van der Waals surface area (Å²) in [6.07, 6.45) is 1.66. The molecule has 7 heteroatoms. The molecule has 0 saturated heterocycles. The Kier molecular flexibility index (Phi) is 11.2. The third-order valence-corrected chi connectivity index (χ3v) is 9.28. The Morgan fingerprint density at radius 3 is 1.86 bits per heavy atom. The van der Waals surface area contributed by atoms with E-state index >= 15 is 0 Å². The van der Waals surface area contributed by atoms with Gasteiger partial charge in [-0.05, 0) is 95.8 Å². The van der Waals surface area contributed by atoms with E-state index in [1.165, 1.54) is 11.8 Å². The Bertz CT molecular complexity index is 2150. The number of amides is 3. The quantitative estimate of drug-likeness (QED) is 0.0935. The van der Waals surface area contributed by atoms with Gasteiger partial charge in [0.25, 0.3) is 11.8 Å². The average Bonchev–Trinajstić information content (AvgIpc) is 3.14. The van der Waals surface area contributed by atoms with Crippen molar-refractivity contribution in [3.05, 3.63) is 191 Å². The first-order valence-corrected chi connectivity index (χ1v) is 17.4. The van der Waals surface area contributed by atoms with Gasteiger partial charge in [0.15, 0.2) is 0 Å². The van der Waals surface area contributed by atoms with Crippen molar-refractivity contribution < 1.29 is 14.4 Å². The molecule has 6 aromatic carbocycles. The van der Waals surface area contributed by atoms with Crippen LogP contribution in [0.3, 0.4) is 0 Å². The standard InChI is InChI=1S/C44H37N3O3S/c1-30-25-31(2)27-38(26-30)46-44(50)41(35-15-8-4-9-16-35)51-39-20-12-19-37(29-39)45-43(49)40(47-42(48)36-17-10-5-11-18-36)28-32-21-23-34(24-22-32)33-13-6-3-7-14-33/h3-29,41H,1-2H3,(H,45,49)(H,46,50)(H,47,48)/b40-28+. The monoisotopic (exact) mass is 687 g/mol. The fourth-order valence-corrected chi connectivity index (χ4v) is 6.73. The number of carbonyl (C=O) groups excluding carboxylic acids is 3. The van der Waals surface area contributed by atoms with Gasteiger partial charge in [0.05, 0.1) is 0 Å². The molecule has 0 saturated carbocycles. The number of nitrogens with one attached hydrogen (secondary N) is 3. The third kappa shape index (κ3) is 9.50. The molecule has 0 bridgehead atoms. The Hall–Kier alpha value is -6.18. The fourth-order valence-electron chi connectivity index (χ4n) is 5.65. The van der Waals surface area contributed by atoms with Crippen molar-refractivity contribution >= 4 is 46.9 Å². The molecule has 1 atom stereocenters. The SMILES string of the molecule is Cc1cc(C)cc(NC(=O)C(Sc2cccc(NC(=O)/C(=C\c3ccc(-c4ccccc4)cc3)NC(=O)c3ccccc3)c2)c2ccccc2)c1. The van der Waals surface area contributed by atoms with Gasteiger partial charge in [-0.2, -0.15) is 0 Å². The lowest BCUT2D eigenvalue weighted by Crippen LogP contribution is -2.30. The lowest BCUT2D eigenvalue weighted by Gasteiger charge is -2.18. The van der Waals surface area contributed by atoms with Gasteiger partial charge in [-0.15, -0.1) is 11.8 Å². The number of hydrogen-bond acceptors (Lipinski definition) is 4. The lowest BCUT2D eigenvalue weighted by molar-refractivity contribution is -0.116. The van der Waals surface area contributed by atoms with E-state index in [4.69, 9.17) is 0 Å². The summed E-state index contributed by atoms with van der Waals surface area (Å²) in [7, 11) is 0. The molecule has 0 spiro atoms. The first-order valence-electron chi connectivity index (χ1n) is 16.6. The predicted molar refractivity (Wildman–Crippen MR) is 208 cm³/mol. The van der Waals surface area contributed by atoms with Crippen LogP contribution in [0.15, 0.2) is 168 Å². The van der Waals surface area contributed by atoms with Crippen LogP contribution in [0.5, 0.6) is 0 Å². The molecule has 0 aromatic heterocycles. The zero-order valence-electron chi connectivity index (χ0n) is 28.3. The van der Waals surface area contributed by atoms with E-state index in [1.54, 1.807) is 36.4 Å². The van der Waals surface area contributed by atoms with Crippen molar-refractivity contribution in [1.82, 2.24) is 5.32 Å². The minimum Gasteiger partial charge on any atom is -0.325 e. The molecule has 6 aromatic rings. The second-order valence-electron chi connectivity index (χ2n) is 12.1. The van der Waals surface area contributed by atoms with E-state index in [9.17, 15) is 14.4 Å². The summed E-state index contributed by atoms with van der Waals surface area (Å²) in [5, 5.41) is 8.31. The van der Waals surface area contributed by atoms with Gasteiger partial charge >= 0.3 is 0 Å². The molecule has 0 aliphatic heterocycles. The third-order valence-electron chi connectivity index (χ3n) is 8.03. The van der Waals surface area contributed by atoms with Gasteiger partial charge in [-0.25, -0.2) is 0 Å². The first kappa shape index (κ1) is 34.7. The highest BCUT2D eigenvalue weighted by atomic mass is 32.2. The highest BCUT2D eigenvalue weighted by molar-refractivity contribution is 8.00. The normalized spacial score (nSPS) is 11.7. The molecule has 3 N–H and O–H groups in total. The average molecular weight is 688 g/mol. The van der Waals surface area contributed by atoms with Crippen molar-refractivity contribution in [3.8, 4) is 11.1 Å². The second-order valence-corrected chi connectivity index (χ2v) is 13.3. The van der Waals surface area contributed by atoms with Crippen molar-refractivity contribution in [2.75, 3.05) is 10.6 Å². The largest absolute Gasteiger partial charge is 0.325 e. The van der Waals surface area contributed by atoms with Crippen molar-refractivity contribution in [3.63, 3.8) is 0 Å². The van der Waals surface area contributed by atoms with E-state index in [0.717, 1.165) is 44.0 Å². The van der Waals surface area contributed by atoms with Crippen LogP contribution < -0.4 is 16.0 Å². The maximum absolute atomic E-state index is 13.8. The molecule has 1 unspecified atom stereocenters. The van der Waals surface area contributed by atoms with Gasteiger partial charge < -0.3 is 16.0 Å². The molecule has 6 rings (SSSR count). The number of aryl methyl sites for hydroxylation is 2. The predicted octanol–water partition coefficient (Wildman–Crippen LogP) is 9.85. The van der Waals surface area contributed by atoms with Gasteiger partial charge in [0.2, 0.25) is 5.91 Å². The molecule has 252 valence electrons. The molecule has 6 nitrogen and oxygen atoms in total. The topological polar surface area (TPSA) is 87.3 Å². The van der Waals surface area contributed by atoms with Gasteiger partial charge in [0.1, 0.15) is 10.9 Å². The summed E-state index contributed by atoms with van der Waals surface area (Å²) in [5.74, 6) is -1.04. The summed E-state index contributed by atoms with van der Waals surface area (Å²) in [4.78, 5) is 41.6. The molecule has 3 amide bonds. The summed E-state index contributed by atoms with van der Waals surface area (Å²) in [5.41, 5.74) is 7.63. The van der Waals surface area contributed by atoms with Crippen molar-refractivity contribution in [2.45, 2.75) is 24.0 Å². The zero-order valence-corrected chi connectivity index (χ0v) is 29.1.